The summed E-state index contributed by atoms with van der Waals surface area (Å²) in [6, 6.07) is 1.23. The molecule has 5 fully saturated rings. The largest absolute Gasteiger partial charge is 0.481 e. The van der Waals surface area contributed by atoms with Crippen LogP contribution in [0.1, 0.15) is 124 Å². The van der Waals surface area contributed by atoms with Crippen LogP contribution in [0.25, 0.3) is 0 Å². The van der Waals surface area contributed by atoms with E-state index >= 15 is 0 Å². The molecule has 1 aliphatic heterocycles. The van der Waals surface area contributed by atoms with Gasteiger partial charge in [0.15, 0.2) is 0 Å². The Bertz CT molecular complexity index is 1070. The molecule has 1 amide bonds. The number of carboxylic acids is 2. The Hall–Kier alpha value is -2.07. The topological polar surface area (TPSA) is 107 Å². The third-order valence-electron chi connectivity index (χ3n) is 13.0. The van der Waals surface area contributed by atoms with Crippen LogP contribution in [-0.4, -0.2) is 51.6 Å². The van der Waals surface area contributed by atoms with Gasteiger partial charge in [-0.2, -0.15) is 0 Å². The van der Waals surface area contributed by atoms with Crippen LogP contribution in [-0.2, 0) is 14.4 Å². The number of aliphatic carboxylic acids is 2. The molecule has 1 heterocycles. The number of carbonyl (C=O) groups excluding carboxylic acids is 1. The van der Waals surface area contributed by atoms with Crippen molar-refractivity contribution in [3.05, 3.63) is 0 Å². The molecule has 0 aromatic carbocycles. The summed E-state index contributed by atoms with van der Waals surface area (Å²) in [6.07, 6.45) is 16.4. The predicted molar refractivity (Wildman–Crippen MR) is 162 cm³/mol. The van der Waals surface area contributed by atoms with Gasteiger partial charge in [-0.3, -0.25) is 14.5 Å². The first-order valence-electron chi connectivity index (χ1n) is 17.1. The molecule has 0 aromatic heterocycles. The van der Waals surface area contributed by atoms with Crippen LogP contribution >= 0.6 is 0 Å². The van der Waals surface area contributed by atoms with Gasteiger partial charge in [0.2, 0.25) is 0 Å². The van der Waals surface area contributed by atoms with Crippen molar-refractivity contribution in [2.45, 2.75) is 136 Å². The van der Waals surface area contributed by atoms with Gasteiger partial charge in [-0.25, -0.2) is 4.79 Å². The number of amides is 1. The van der Waals surface area contributed by atoms with Gasteiger partial charge in [0.05, 0.1) is 6.04 Å². The molecule has 5 aliphatic rings. The average molecular weight is 583 g/mol. The van der Waals surface area contributed by atoms with Gasteiger partial charge >= 0.3 is 11.9 Å². The summed E-state index contributed by atoms with van der Waals surface area (Å²) < 4.78 is 0. The standard InChI is InChI=1S/C35H54N2O5/c1-23(9-8-22-37(30(33(41)42)16-17-31(38)39)32(40)29-11-5-7-21-36-29)26-14-15-27-25-13-12-24-10-4-6-19-34(24,2)28(25)18-20-35(26,27)3/h23-30,36H,4-7,9-21H2,1-3H3,(H,38,39)(H,41,42)/t23-,24?,25+,26-,27+,28+,29?,30+,34+,35-/m1/s1. The van der Waals surface area contributed by atoms with E-state index < -0.39 is 24.0 Å². The number of carbonyl (C=O) groups is 3. The Kier molecular flexibility index (Phi) is 9.62. The zero-order valence-electron chi connectivity index (χ0n) is 26.2. The molecule has 42 heavy (non-hydrogen) atoms. The van der Waals surface area contributed by atoms with E-state index in [0.717, 1.165) is 41.4 Å². The zero-order chi connectivity index (χ0) is 30.1. The lowest BCUT2D eigenvalue weighted by atomic mass is 9.44. The number of fused-ring (bicyclic) bond motifs is 5. The second kappa shape index (κ2) is 12.9. The summed E-state index contributed by atoms with van der Waals surface area (Å²) in [5.41, 5.74) is 0.870. The first-order chi connectivity index (χ1) is 20.1. The van der Waals surface area contributed by atoms with Gasteiger partial charge in [-0.1, -0.05) is 46.0 Å². The Morgan fingerprint density at radius 2 is 1.67 bits per heavy atom. The van der Waals surface area contributed by atoms with Gasteiger partial charge in [0.25, 0.3) is 5.91 Å². The fourth-order valence-electron chi connectivity index (χ4n) is 10.8. The minimum Gasteiger partial charge on any atom is -0.481 e. The molecule has 0 bridgehead atoms. The summed E-state index contributed by atoms with van der Waals surface area (Å²) in [5, 5.41) is 22.4. The average Bonchev–Trinajstić information content (AvgIpc) is 3.33. The van der Waals surface area contributed by atoms with E-state index in [2.05, 4.69) is 38.1 Å². The lowest BCUT2D eigenvalue weighted by Gasteiger charge is -2.60. The molecule has 7 heteroatoms. The lowest BCUT2D eigenvalue weighted by molar-refractivity contribution is -0.149. The molecule has 0 radical (unpaired) electrons. The maximum Gasteiger partial charge on any atom is 0.327 e. The molecule has 4 saturated carbocycles. The van der Waals surface area contributed by atoms with E-state index in [9.17, 15) is 24.6 Å². The van der Waals surface area contributed by atoms with Crippen molar-refractivity contribution in [2.75, 3.05) is 6.54 Å². The van der Waals surface area contributed by atoms with E-state index in [1.54, 1.807) is 0 Å². The highest BCUT2D eigenvalue weighted by atomic mass is 16.4. The van der Waals surface area contributed by atoms with Gasteiger partial charge < -0.3 is 15.5 Å². The monoisotopic (exact) mass is 582 g/mol. The molecule has 234 valence electrons. The van der Waals surface area contributed by atoms with Crippen molar-refractivity contribution in [3.63, 3.8) is 0 Å². The van der Waals surface area contributed by atoms with Crippen molar-refractivity contribution >= 4 is 17.8 Å². The molecule has 4 aliphatic carbocycles. The van der Waals surface area contributed by atoms with Crippen molar-refractivity contribution in [2.24, 2.45) is 46.3 Å². The minimum atomic E-state index is -1.26. The van der Waals surface area contributed by atoms with Crippen LogP contribution in [0.5, 0.6) is 0 Å². The second-order valence-corrected chi connectivity index (χ2v) is 15.1. The van der Waals surface area contributed by atoms with E-state index in [1.165, 1.54) is 64.2 Å². The first-order valence-corrected chi connectivity index (χ1v) is 17.1. The molecular weight excluding hydrogens is 528 g/mol. The van der Waals surface area contributed by atoms with Crippen molar-refractivity contribution in [1.82, 2.24) is 10.2 Å². The highest BCUT2D eigenvalue weighted by Crippen LogP contribution is 2.68. The summed E-state index contributed by atoms with van der Waals surface area (Å²) in [7, 11) is 0. The smallest absolute Gasteiger partial charge is 0.327 e. The minimum absolute atomic E-state index is 0.155. The third-order valence-corrected chi connectivity index (χ3v) is 13.0. The number of hydrogen-bond donors (Lipinski definition) is 3. The van der Waals surface area contributed by atoms with E-state index in [1.807, 2.05) is 0 Å². The van der Waals surface area contributed by atoms with Gasteiger partial charge in [0.1, 0.15) is 6.04 Å². The molecule has 0 aromatic rings. The van der Waals surface area contributed by atoms with Crippen LogP contribution in [0.4, 0.5) is 0 Å². The summed E-state index contributed by atoms with van der Waals surface area (Å²) in [5.74, 6) is 5.02. The summed E-state index contributed by atoms with van der Waals surface area (Å²) in [6.45, 7) is 8.20. The SMILES string of the molecule is C[C@H](CC#CN(C(=O)C1CCCCN1)[C@@H](CCC(=O)O)C(=O)O)[C@H]1CC[C@H]2[C@@H]3CCC4CCCC[C@]4(C)[C@H]3CC[C@]12C. The van der Waals surface area contributed by atoms with Crippen molar-refractivity contribution in [3.8, 4) is 12.0 Å². The van der Waals surface area contributed by atoms with Gasteiger partial charge in [-0.15, -0.1) is 0 Å². The van der Waals surface area contributed by atoms with Crippen molar-refractivity contribution in [1.29, 1.82) is 0 Å². The number of nitrogens with zero attached hydrogens (tertiary/aromatic N) is 1. The van der Waals surface area contributed by atoms with E-state index in [-0.39, 0.29) is 18.7 Å². The highest BCUT2D eigenvalue weighted by molar-refractivity contribution is 5.89. The molecule has 1 saturated heterocycles. The lowest BCUT2D eigenvalue weighted by Crippen LogP contribution is -2.53. The van der Waals surface area contributed by atoms with Crippen LogP contribution in [0.3, 0.4) is 0 Å². The van der Waals surface area contributed by atoms with Crippen LogP contribution < -0.4 is 5.32 Å². The van der Waals surface area contributed by atoms with Crippen LogP contribution in [0.15, 0.2) is 0 Å². The van der Waals surface area contributed by atoms with Crippen LogP contribution in [0, 0.1) is 58.3 Å². The molecule has 7 nitrogen and oxygen atoms in total. The quantitative estimate of drug-likeness (QED) is 0.229. The Balaban J connectivity index is 1.29. The van der Waals surface area contributed by atoms with Crippen LogP contribution in [0.2, 0.25) is 0 Å². The van der Waals surface area contributed by atoms with Crippen molar-refractivity contribution < 1.29 is 24.6 Å². The predicted octanol–water partition coefficient (Wildman–Crippen LogP) is 6.31. The number of carboxylic acid groups (broad SMARTS) is 2. The second-order valence-electron chi connectivity index (χ2n) is 15.1. The van der Waals surface area contributed by atoms with Gasteiger partial charge in [0, 0.05) is 18.9 Å². The van der Waals surface area contributed by atoms with Gasteiger partial charge in [-0.05, 0) is 124 Å². The molecule has 3 N–H and O–H groups in total. The maximum absolute atomic E-state index is 13.5. The Morgan fingerprint density at radius 3 is 2.38 bits per heavy atom. The molecule has 5 rings (SSSR count). The Labute approximate surface area is 253 Å². The third kappa shape index (κ3) is 5.99. The molecule has 10 atom stereocenters. The fourth-order valence-corrected chi connectivity index (χ4v) is 10.8. The number of rotatable bonds is 8. The Morgan fingerprint density at radius 1 is 0.905 bits per heavy atom. The molecular formula is C35H54N2O5. The number of piperidine rings is 1. The zero-order valence-corrected chi connectivity index (χ0v) is 26.2. The van der Waals surface area contributed by atoms with E-state index in [4.69, 9.17) is 0 Å². The summed E-state index contributed by atoms with van der Waals surface area (Å²) in [4.78, 5) is 38.1. The highest BCUT2D eigenvalue weighted by Gasteiger charge is 2.60. The first kappa shape index (κ1) is 31.4. The number of hydrogen-bond acceptors (Lipinski definition) is 4. The molecule has 2 unspecified atom stereocenters. The molecule has 0 spiro atoms. The number of nitrogens with one attached hydrogen (secondary N) is 1. The fraction of sp³-hybridized carbons (Fsp3) is 0.857. The van der Waals surface area contributed by atoms with E-state index in [0.29, 0.717) is 42.1 Å². The maximum atomic E-state index is 13.5. The summed E-state index contributed by atoms with van der Waals surface area (Å²) >= 11 is 0. The normalized spacial score (nSPS) is 38.9.